The SMILES string of the molecule is Cc1cccc(OC2COCCC2O)c1F. The molecule has 1 N–H and O–H groups in total. The van der Waals surface area contributed by atoms with E-state index >= 15 is 0 Å². The van der Waals surface area contributed by atoms with Crippen molar-refractivity contribution < 1.29 is 19.0 Å². The molecule has 1 aliphatic rings. The average molecular weight is 226 g/mol. The fraction of sp³-hybridized carbons (Fsp3) is 0.500. The molecule has 0 saturated carbocycles. The lowest BCUT2D eigenvalue weighted by Crippen LogP contribution is -2.41. The van der Waals surface area contributed by atoms with E-state index in [0.29, 0.717) is 25.2 Å². The van der Waals surface area contributed by atoms with Crippen molar-refractivity contribution in [3.8, 4) is 5.75 Å². The number of aliphatic hydroxyl groups is 1. The molecule has 0 aliphatic carbocycles. The molecule has 16 heavy (non-hydrogen) atoms. The van der Waals surface area contributed by atoms with Crippen molar-refractivity contribution in [1.29, 1.82) is 0 Å². The van der Waals surface area contributed by atoms with Gasteiger partial charge in [0, 0.05) is 13.0 Å². The average Bonchev–Trinajstić information content (AvgIpc) is 2.28. The number of aryl methyl sites for hydroxylation is 1. The van der Waals surface area contributed by atoms with Gasteiger partial charge in [0.2, 0.25) is 0 Å². The van der Waals surface area contributed by atoms with Crippen LogP contribution in [0.5, 0.6) is 5.75 Å². The smallest absolute Gasteiger partial charge is 0.167 e. The third-order valence-corrected chi connectivity index (χ3v) is 2.70. The Kier molecular flexibility index (Phi) is 3.41. The Balaban J connectivity index is 2.10. The predicted octanol–water partition coefficient (Wildman–Crippen LogP) is 1.66. The molecular formula is C12H15FO3. The molecule has 2 atom stereocenters. The highest BCUT2D eigenvalue weighted by atomic mass is 19.1. The van der Waals surface area contributed by atoms with Crippen molar-refractivity contribution in [2.75, 3.05) is 13.2 Å². The summed E-state index contributed by atoms with van der Waals surface area (Å²) in [6, 6.07) is 4.96. The van der Waals surface area contributed by atoms with E-state index in [1.165, 1.54) is 0 Å². The van der Waals surface area contributed by atoms with E-state index in [0.717, 1.165) is 0 Å². The first-order valence-electron chi connectivity index (χ1n) is 5.36. The van der Waals surface area contributed by atoms with Crippen LogP contribution in [0.4, 0.5) is 4.39 Å². The standard InChI is InChI=1S/C12H15FO3/c1-8-3-2-4-10(12(8)13)16-11-7-15-6-5-9(11)14/h2-4,9,11,14H,5-7H2,1H3. The number of benzene rings is 1. The maximum Gasteiger partial charge on any atom is 0.167 e. The Morgan fingerprint density at radius 2 is 2.31 bits per heavy atom. The van der Waals surface area contributed by atoms with E-state index in [-0.39, 0.29) is 11.6 Å². The Morgan fingerprint density at radius 1 is 1.50 bits per heavy atom. The fourth-order valence-electron chi connectivity index (χ4n) is 1.69. The molecule has 4 heteroatoms. The van der Waals surface area contributed by atoms with Crippen LogP contribution in [0.15, 0.2) is 18.2 Å². The van der Waals surface area contributed by atoms with Gasteiger partial charge in [0.05, 0.1) is 12.7 Å². The number of hydrogen-bond acceptors (Lipinski definition) is 3. The summed E-state index contributed by atoms with van der Waals surface area (Å²) >= 11 is 0. The lowest BCUT2D eigenvalue weighted by atomic mass is 10.1. The third-order valence-electron chi connectivity index (χ3n) is 2.70. The fourth-order valence-corrected chi connectivity index (χ4v) is 1.69. The Hall–Kier alpha value is -1.13. The minimum absolute atomic E-state index is 0.176. The van der Waals surface area contributed by atoms with Gasteiger partial charge in [0.15, 0.2) is 11.6 Å². The van der Waals surface area contributed by atoms with Gasteiger partial charge < -0.3 is 14.6 Å². The van der Waals surface area contributed by atoms with Crippen molar-refractivity contribution in [3.63, 3.8) is 0 Å². The summed E-state index contributed by atoms with van der Waals surface area (Å²) in [5.41, 5.74) is 0.531. The highest BCUT2D eigenvalue weighted by molar-refractivity contribution is 5.30. The Morgan fingerprint density at radius 3 is 3.06 bits per heavy atom. The lowest BCUT2D eigenvalue weighted by Gasteiger charge is -2.28. The van der Waals surface area contributed by atoms with Gasteiger partial charge in [-0.05, 0) is 18.6 Å². The van der Waals surface area contributed by atoms with E-state index < -0.39 is 12.2 Å². The van der Waals surface area contributed by atoms with Crippen LogP contribution in [0.1, 0.15) is 12.0 Å². The molecule has 0 amide bonds. The van der Waals surface area contributed by atoms with E-state index in [4.69, 9.17) is 9.47 Å². The summed E-state index contributed by atoms with van der Waals surface area (Å²) in [4.78, 5) is 0. The van der Waals surface area contributed by atoms with E-state index in [2.05, 4.69) is 0 Å². The van der Waals surface area contributed by atoms with E-state index in [9.17, 15) is 9.50 Å². The van der Waals surface area contributed by atoms with Crippen molar-refractivity contribution >= 4 is 0 Å². The molecule has 1 aromatic carbocycles. The molecule has 0 aromatic heterocycles. The first kappa shape index (κ1) is 11.4. The molecule has 0 radical (unpaired) electrons. The molecule has 1 heterocycles. The van der Waals surface area contributed by atoms with Crippen molar-refractivity contribution in [1.82, 2.24) is 0 Å². The summed E-state index contributed by atoms with van der Waals surface area (Å²) in [6.07, 6.45) is -0.545. The summed E-state index contributed by atoms with van der Waals surface area (Å²) in [5, 5.41) is 9.66. The van der Waals surface area contributed by atoms with Crippen molar-refractivity contribution in [2.45, 2.75) is 25.6 Å². The van der Waals surface area contributed by atoms with Gasteiger partial charge >= 0.3 is 0 Å². The molecule has 88 valence electrons. The van der Waals surface area contributed by atoms with Crippen LogP contribution < -0.4 is 4.74 Å². The summed E-state index contributed by atoms with van der Waals surface area (Å²) in [5.74, 6) is -0.199. The van der Waals surface area contributed by atoms with E-state index in [1.807, 2.05) is 0 Å². The maximum absolute atomic E-state index is 13.6. The van der Waals surface area contributed by atoms with Crippen LogP contribution in [-0.2, 0) is 4.74 Å². The van der Waals surface area contributed by atoms with Crippen molar-refractivity contribution in [2.24, 2.45) is 0 Å². The molecule has 0 bridgehead atoms. The minimum atomic E-state index is -0.589. The molecule has 2 rings (SSSR count). The van der Waals surface area contributed by atoms with Gasteiger partial charge in [0.1, 0.15) is 6.10 Å². The highest BCUT2D eigenvalue weighted by Crippen LogP contribution is 2.23. The van der Waals surface area contributed by atoms with Crippen LogP contribution in [0.2, 0.25) is 0 Å². The second-order valence-corrected chi connectivity index (χ2v) is 3.97. The number of rotatable bonds is 2. The minimum Gasteiger partial charge on any atom is -0.482 e. The summed E-state index contributed by atoms with van der Waals surface area (Å²) < 4.78 is 24.3. The molecule has 1 aromatic rings. The maximum atomic E-state index is 13.6. The van der Waals surface area contributed by atoms with Crippen LogP contribution in [0.3, 0.4) is 0 Å². The number of aliphatic hydroxyl groups excluding tert-OH is 1. The monoisotopic (exact) mass is 226 g/mol. The van der Waals surface area contributed by atoms with Crippen LogP contribution >= 0.6 is 0 Å². The number of ether oxygens (including phenoxy) is 2. The number of hydrogen-bond donors (Lipinski definition) is 1. The Bertz CT molecular complexity index is 367. The van der Waals surface area contributed by atoms with Crippen LogP contribution in [0.25, 0.3) is 0 Å². The highest BCUT2D eigenvalue weighted by Gasteiger charge is 2.26. The first-order chi connectivity index (χ1) is 7.68. The van der Waals surface area contributed by atoms with Gasteiger partial charge in [0.25, 0.3) is 0 Å². The molecule has 1 fully saturated rings. The predicted molar refractivity (Wildman–Crippen MR) is 57.0 cm³/mol. The zero-order chi connectivity index (χ0) is 11.5. The van der Waals surface area contributed by atoms with E-state index in [1.54, 1.807) is 25.1 Å². The second kappa shape index (κ2) is 4.80. The molecule has 2 unspecified atom stereocenters. The Labute approximate surface area is 93.8 Å². The summed E-state index contributed by atoms with van der Waals surface area (Å²) in [6.45, 7) is 2.50. The number of halogens is 1. The van der Waals surface area contributed by atoms with Gasteiger partial charge in [-0.1, -0.05) is 12.1 Å². The van der Waals surface area contributed by atoms with Gasteiger partial charge in [-0.25, -0.2) is 4.39 Å². The van der Waals surface area contributed by atoms with Crippen molar-refractivity contribution in [3.05, 3.63) is 29.6 Å². The normalized spacial score (nSPS) is 25.4. The van der Waals surface area contributed by atoms with Crippen LogP contribution in [-0.4, -0.2) is 30.5 Å². The molecule has 0 spiro atoms. The second-order valence-electron chi connectivity index (χ2n) is 3.97. The van der Waals surface area contributed by atoms with Crippen LogP contribution in [0, 0.1) is 12.7 Å². The molecule has 1 saturated heterocycles. The lowest BCUT2D eigenvalue weighted by molar-refractivity contribution is -0.0745. The third kappa shape index (κ3) is 2.33. The molecule has 1 aliphatic heterocycles. The summed E-state index contributed by atoms with van der Waals surface area (Å²) in [7, 11) is 0. The quantitative estimate of drug-likeness (QED) is 0.833. The zero-order valence-corrected chi connectivity index (χ0v) is 9.15. The molecule has 3 nitrogen and oxygen atoms in total. The first-order valence-corrected chi connectivity index (χ1v) is 5.36. The van der Waals surface area contributed by atoms with Gasteiger partial charge in [-0.2, -0.15) is 0 Å². The topological polar surface area (TPSA) is 38.7 Å². The molecular weight excluding hydrogens is 211 g/mol. The van der Waals surface area contributed by atoms with Gasteiger partial charge in [-0.3, -0.25) is 0 Å². The largest absolute Gasteiger partial charge is 0.482 e. The zero-order valence-electron chi connectivity index (χ0n) is 9.15. The van der Waals surface area contributed by atoms with Gasteiger partial charge in [-0.15, -0.1) is 0 Å².